The first-order chi connectivity index (χ1) is 7.93. The highest BCUT2D eigenvalue weighted by Gasteiger charge is 2.30. The Hall–Kier alpha value is -1.03. The Kier molecular flexibility index (Phi) is 5.00. The third-order valence-electron chi connectivity index (χ3n) is 2.63. The summed E-state index contributed by atoms with van der Waals surface area (Å²) in [6.07, 6.45) is -2.17. The molecule has 17 heavy (non-hydrogen) atoms. The zero-order chi connectivity index (χ0) is 12.9. The van der Waals surface area contributed by atoms with E-state index in [0.29, 0.717) is 18.2 Å². The van der Waals surface area contributed by atoms with E-state index in [1.165, 1.54) is 12.1 Å². The highest BCUT2D eigenvalue weighted by Crippen LogP contribution is 2.29. The van der Waals surface area contributed by atoms with Crippen molar-refractivity contribution in [1.29, 1.82) is 0 Å². The summed E-state index contributed by atoms with van der Waals surface area (Å²) in [6.45, 7) is 4.60. The molecule has 0 bridgehead atoms. The molecule has 1 atom stereocenters. The quantitative estimate of drug-likeness (QED) is 0.827. The van der Waals surface area contributed by atoms with E-state index in [4.69, 9.17) is 0 Å². The van der Waals surface area contributed by atoms with E-state index < -0.39 is 11.7 Å². The third-order valence-corrected chi connectivity index (χ3v) is 2.63. The lowest BCUT2D eigenvalue weighted by Crippen LogP contribution is -2.25. The molecule has 4 heteroatoms. The van der Waals surface area contributed by atoms with Crippen molar-refractivity contribution in [2.24, 2.45) is 0 Å². The van der Waals surface area contributed by atoms with Crippen LogP contribution in [0.4, 0.5) is 13.2 Å². The molecular formula is C13H18F3N. The lowest BCUT2D eigenvalue weighted by Gasteiger charge is -2.13. The first-order valence-corrected chi connectivity index (χ1v) is 5.83. The summed E-state index contributed by atoms with van der Waals surface area (Å²) in [4.78, 5) is 0. The molecule has 1 rings (SSSR count). The smallest absolute Gasteiger partial charge is 0.310 e. The van der Waals surface area contributed by atoms with Crippen LogP contribution in [0.3, 0.4) is 0 Å². The molecule has 0 spiro atoms. The summed E-state index contributed by atoms with van der Waals surface area (Å²) in [5, 5.41) is 3.21. The van der Waals surface area contributed by atoms with E-state index in [-0.39, 0.29) is 0 Å². The molecule has 0 saturated carbocycles. The van der Waals surface area contributed by atoms with Gasteiger partial charge in [0.25, 0.3) is 0 Å². The van der Waals surface area contributed by atoms with Gasteiger partial charge in [0.15, 0.2) is 0 Å². The second kappa shape index (κ2) is 6.05. The maximum Gasteiger partial charge on any atom is 0.416 e. The number of halogens is 3. The highest BCUT2D eigenvalue weighted by atomic mass is 19.4. The summed E-state index contributed by atoms with van der Waals surface area (Å²) in [6, 6.07) is 5.78. The Morgan fingerprint density at radius 1 is 1.29 bits per heavy atom. The second-order valence-corrected chi connectivity index (χ2v) is 4.27. The lowest BCUT2D eigenvalue weighted by molar-refractivity contribution is -0.137. The minimum atomic E-state index is -4.26. The van der Waals surface area contributed by atoms with Crippen LogP contribution < -0.4 is 5.32 Å². The van der Waals surface area contributed by atoms with Crippen LogP contribution >= 0.6 is 0 Å². The number of alkyl halides is 3. The van der Waals surface area contributed by atoms with E-state index in [9.17, 15) is 13.2 Å². The fourth-order valence-corrected chi connectivity index (χ4v) is 1.68. The summed E-state index contributed by atoms with van der Waals surface area (Å²) in [7, 11) is 0. The zero-order valence-corrected chi connectivity index (χ0v) is 10.1. The van der Waals surface area contributed by atoms with Gasteiger partial charge in [-0.2, -0.15) is 13.2 Å². The van der Waals surface area contributed by atoms with Crippen molar-refractivity contribution in [3.63, 3.8) is 0 Å². The first kappa shape index (κ1) is 14.0. The van der Waals surface area contributed by atoms with Gasteiger partial charge in [-0.25, -0.2) is 0 Å². The molecule has 96 valence electrons. The molecular weight excluding hydrogens is 227 g/mol. The van der Waals surface area contributed by atoms with Crippen molar-refractivity contribution < 1.29 is 13.2 Å². The summed E-state index contributed by atoms with van der Waals surface area (Å²) < 4.78 is 37.4. The predicted molar refractivity (Wildman–Crippen MR) is 62.7 cm³/mol. The van der Waals surface area contributed by atoms with E-state index in [2.05, 4.69) is 12.2 Å². The number of nitrogens with one attached hydrogen (secondary N) is 1. The van der Waals surface area contributed by atoms with Crippen LogP contribution in [0.5, 0.6) is 0 Å². The summed E-state index contributed by atoms with van der Waals surface area (Å²) in [5.41, 5.74) is 0.0859. The van der Waals surface area contributed by atoms with Crippen LogP contribution in [0.2, 0.25) is 0 Å². The van der Waals surface area contributed by atoms with E-state index >= 15 is 0 Å². The zero-order valence-electron chi connectivity index (χ0n) is 10.1. The molecule has 0 fully saturated rings. The molecule has 0 amide bonds. The molecule has 1 nitrogen and oxygen atoms in total. The molecule has 1 aromatic rings. The van der Waals surface area contributed by atoms with Crippen molar-refractivity contribution in [3.8, 4) is 0 Å². The molecule has 0 heterocycles. The van der Waals surface area contributed by atoms with Crippen molar-refractivity contribution in [3.05, 3.63) is 35.4 Å². The molecule has 0 saturated heterocycles. The standard InChI is InChI=1S/C13H18F3N/c1-3-5-10(2)17-9-11-6-4-7-12(8-11)13(14,15)16/h4,6-8,10,17H,3,5,9H2,1-2H3. The Labute approximate surface area is 100 Å². The van der Waals surface area contributed by atoms with Gasteiger partial charge in [0.05, 0.1) is 5.56 Å². The highest BCUT2D eigenvalue weighted by molar-refractivity contribution is 5.25. The molecule has 0 aliphatic carbocycles. The van der Waals surface area contributed by atoms with Gasteiger partial charge < -0.3 is 5.32 Å². The molecule has 0 radical (unpaired) electrons. The Morgan fingerprint density at radius 2 is 2.00 bits per heavy atom. The first-order valence-electron chi connectivity index (χ1n) is 5.83. The molecule has 0 aliphatic rings. The molecule has 1 unspecified atom stereocenters. The van der Waals surface area contributed by atoms with E-state index in [1.807, 2.05) is 6.92 Å². The molecule has 0 aliphatic heterocycles. The van der Waals surface area contributed by atoms with Crippen LogP contribution in [0.1, 0.15) is 37.8 Å². The minimum Gasteiger partial charge on any atom is -0.310 e. The van der Waals surface area contributed by atoms with Gasteiger partial charge in [-0.3, -0.25) is 0 Å². The van der Waals surface area contributed by atoms with Gasteiger partial charge in [-0.05, 0) is 25.0 Å². The average Bonchev–Trinajstić information content (AvgIpc) is 2.26. The fraction of sp³-hybridized carbons (Fsp3) is 0.538. The van der Waals surface area contributed by atoms with Crippen LogP contribution in [0.25, 0.3) is 0 Å². The summed E-state index contributed by atoms with van der Waals surface area (Å²) in [5.74, 6) is 0. The van der Waals surface area contributed by atoms with Gasteiger partial charge in [-0.1, -0.05) is 31.5 Å². The van der Waals surface area contributed by atoms with E-state index in [0.717, 1.165) is 18.9 Å². The molecule has 0 aromatic heterocycles. The Balaban J connectivity index is 2.60. The van der Waals surface area contributed by atoms with Gasteiger partial charge in [0.2, 0.25) is 0 Å². The normalized spacial score (nSPS) is 13.7. The van der Waals surface area contributed by atoms with Crippen molar-refractivity contribution in [1.82, 2.24) is 5.32 Å². The third kappa shape index (κ3) is 4.77. The predicted octanol–water partition coefficient (Wildman–Crippen LogP) is 3.98. The van der Waals surface area contributed by atoms with Crippen LogP contribution in [-0.4, -0.2) is 6.04 Å². The van der Waals surface area contributed by atoms with Gasteiger partial charge in [0, 0.05) is 12.6 Å². The average molecular weight is 245 g/mol. The number of hydrogen-bond donors (Lipinski definition) is 1. The fourth-order valence-electron chi connectivity index (χ4n) is 1.68. The largest absolute Gasteiger partial charge is 0.416 e. The Bertz CT molecular complexity index is 347. The lowest BCUT2D eigenvalue weighted by atomic mass is 10.1. The van der Waals surface area contributed by atoms with Crippen molar-refractivity contribution >= 4 is 0 Å². The van der Waals surface area contributed by atoms with Gasteiger partial charge in [0.1, 0.15) is 0 Å². The summed E-state index contributed by atoms with van der Waals surface area (Å²) >= 11 is 0. The number of hydrogen-bond acceptors (Lipinski definition) is 1. The van der Waals surface area contributed by atoms with Gasteiger partial charge in [-0.15, -0.1) is 0 Å². The maximum atomic E-state index is 12.5. The van der Waals surface area contributed by atoms with Crippen molar-refractivity contribution in [2.75, 3.05) is 0 Å². The van der Waals surface area contributed by atoms with E-state index in [1.54, 1.807) is 6.07 Å². The van der Waals surface area contributed by atoms with Crippen LogP contribution in [0, 0.1) is 0 Å². The van der Waals surface area contributed by atoms with Crippen LogP contribution in [-0.2, 0) is 12.7 Å². The van der Waals surface area contributed by atoms with Crippen LogP contribution in [0.15, 0.2) is 24.3 Å². The topological polar surface area (TPSA) is 12.0 Å². The monoisotopic (exact) mass is 245 g/mol. The second-order valence-electron chi connectivity index (χ2n) is 4.27. The van der Waals surface area contributed by atoms with Gasteiger partial charge >= 0.3 is 6.18 Å². The van der Waals surface area contributed by atoms with Crippen molar-refractivity contribution in [2.45, 2.75) is 45.5 Å². The molecule has 1 N–H and O–H groups in total. The minimum absolute atomic E-state index is 0.328. The SMILES string of the molecule is CCCC(C)NCc1cccc(C(F)(F)F)c1. The number of rotatable bonds is 5. The maximum absolute atomic E-state index is 12.5. The molecule has 1 aromatic carbocycles. The Morgan fingerprint density at radius 3 is 2.59 bits per heavy atom. The number of benzene rings is 1.